The zero-order valence-corrected chi connectivity index (χ0v) is 16.5. The molecule has 0 amide bonds. The minimum Gasteiger partial charge on any atom is -0.488 e. The van der Waals surface area contributed by atoms with Crippen molar-refractivity contribution in [1.82, 2.24) is 15.6 Å². The highest BCUT2D eigenvalue weighted by Crippen LogP contribution is 2.27. The summed E-state index contributed by atoms with van der Waals surface area (Å²) in [7, 11) is 1.64. The van der Waals surface area contributed by atoms with Crippen LogP contribution in [0.2, 0.25) is 0 Å². The summed E-state index contributed by atoms with van der Waals surface area (Å²) in [6, 6.07) is 12.0. The number of aromatic nitrogens is 1. The van der Waals surface area contributed by atoms with Crippen molar-refractivity contribution in [1.29, 1.82) is 0 Å². The second kappa shape index (κ2) is 10.5. The van der Waals surface area contributed by atoms with Gasteiger partial charge in [0.25, 0.3) is 0 Å². The van der Waals surface area contributed by atoms with Gasteiger partial charge in [-0.1, -0.05) is 24.3 Å². The van der Waals surface area contributed by atoms with Gasteiger partial charge in [-0.05, 0) is 24.1 Å². The smallest absolute Gasteiger partial charge is 0.213 e. The zero-order chi connectivity index (χ0) is 19.6. The first kappa shape index (κ1) is 19.9. The molecule has 0 radical (unpaired) electrons. The lowest BCUT2D eigenvalue weighted by Crippen LogP contribution is -2.42. The van der Waals surface area contributed by atoms with E-state index in [0.29, 0.717) is 32.2 Å². The van der Waals surface area contributed by atoms with Crippen molar-refractivity contribution in [3.8, 4) is 11.6 Å². The number of rotatable bonds is 9. The predicted molar refractivity (Wildman–Crippen MR) is 109 cm³/mol. The third kappa shape index (κ3) is 5.85. The number of nitrogens with one attached hydrogen (secondary N) is 2. The van der Waals surface area contributed by atoms with E-state index >= 15 is 0 Å². The van der Waals surface area contributed by atoms with Gasteiger partial charge in [-0.3, -0.25) is 0 Å². The Balaban J connectivity index is 1.49. The predicted octanol–water partition coefficient (Wildman–Crippen LogP) is 2.17. The number of fused-ring (bicyclic) bond motifs is 1. The van der Waals surface area contributed by atoms with E-state index in [1.165, 1.54) is 5.56 Å². The van der Waals surface area contributed by atoms with Crippen molar-refractivity contribution in [2.24, 2.45) is 4.99 Å². The fourth-order valence-electron chi connectivity index (χ4n) is 2.91. The molecule has 1 aromatic carbocycles. The van der Waals surface area contributed by atoms with E-state index in [4.69, 9.17) is 14.2 Å². The van der Waals surface area contributed by atoms with Crippen LogP contribution >= 0.6 is 0 Å². The van der Waals surface area contributed by atoms with Gasteiger partial charge in [0.1, 0.15) is 18.5 Å². The Bertz CT molecular complexity index is 740. The number of hydrogen-bond donors (Lipinski definition) is 2. The van der Waals surface area contributed by atoms with Crippen molar-refractivity contribution in [2.75, 3.05) is 33.4 Å². The monoisotopic (exact) mass is 384 g/mol. The van der Waals surface area contributed by atoms with Crippen LogP contribution in [0.25, 0.3) is 0 Å². The molecular weight excluding hydrogens is 356 g/mol. The molecule has 1 atom stereocenters. The van der Waals surface area contributed by atoms with Crippen molar-refractivity contribution in [3.63, 3.8) is 0 Å². The van der Waals surface area contributed by atoms with Gasteiger partial charge in [-0.15, -0.1) is 0 Å². The first-order chi connectivity index (χ1) is 13.8. The topological polar surface area (TPSA) is 77.0 Å². The van der Waals surface area contributed by atoms with E-state index in [0.717, 1.165) is 30.2 Å². The van der Waals surface area contributed by atoms with Gasteiger partial charge in [-0.2, -0.15) is 0 Å². The van der Waals surface area contributed by atoms with Crippen LogP contribution in [0.15, 0.2) is 47.6 Å². The minimum atomic E-state index is 0.117. The van der Waals surface area contributed by atoms with Gasteiger partial charge in [0.2, 0.25) is 5.88 Å². The lowest BCUT2D eigenvalue weighted by molar-refractivity contribution is 0.143. The summed E-state index contributed by atoms with van der Waals surface area (Å²) in [5, 5.41) is 6.64. The maximum absolute atomic E-state index is 5.97. The van der Waals surface area contributed by atoms with Crippen LogP contribution in [0.5, 0.6) is 11.6 Å². The largest absolute Gasteiger partial charge is 0.488 e. The lowest BCUT2D eigenvalue weighted by Gasteiger charge is -2.15. The summed E-state index contributed by atoms with van der Waals surface area (Å²) in [6.07, 6.45) is 2.81. The number of hydrogen-bond acceptors (Lipinski definition) is 5. The molecule has 0 saturated heterocycles. The van der Waals surface area contributed by atoms with Gasteiger partial charge >= 0.3 is 0 Å². The second-order valence-corrected chi connectivity index (χ2v) is 6.47. The fraction of sp³-hybridized carbons (Fsp3) is 0.429. The molecule has 7 heteroatoms. The molecule has 150 valence electrons. The number of nitrogens with zero attached hydrogens (tertiary/aromatic N) is 2. The number of pyridine rings is 1. The first-order valence-corrected chi connectivity index (χ1v) is 9.62. The van der Waals surface area contributed by atoms with Gasteiger partial charge in [-0.25, -0.2) is 9.98 Å². The molecule has 1 aromatic heterocycles. The highest BCUT2D eigenvalue weighted by molar-refractivity contribution is 5.79. The second-order valence-electron chi connectivity index (χ2n) is 6.47. The van der Waals surface area contributed by atoms with E-state index < -0.39 is 0 Å². The summed E-state index contributed by atoms with van der Waals surface area (Å²) in [6.45, 7) is 5.11. The van der Waals surface area contributed by atoms with Crippen molar-refractivity contribution in [3.05, 3.63) is 53.7 Å². The quantitative estimate of drug-likeness (QED) is 0.392. The SMILES string of the molecule is CCNC(=NCc1ccc(OCCOC)nc1)NCC1Cc2ccccc2O1. The normalized spacial score (nSPS) is 15.6. The summed E-state index contributed by atoms with van der Waals surface area (Å²) in [5.41, 5.74) is 2.27. The number of guanidine groups is 1. The summed E-state index contributed by atoms with van der Waals surface area (Å²) in [5.74, 6) is 2.34. The molecule has 2 heterocycles. The van der Waals surface area contributed by atoms with Gasteiger partial charge < -0.3 is 24.8 Å². The third-order valence-electron chi connectivity index (χ3n) is 4.31. The Hall–Kier alpha value is -2.80. The lowest BCUT2D eigenvalue weighted by atomic mass is 10.1. The van der Waals surface area contributed by atoms with Crippen LogP contribution in [0.4, 0.5) is 0 Å². The molecule has 2 N–H and O–H groups in total. The Labute approximate surface area is 166 Å². The van der Waals surface area contributed by atoms with Crippen LogP contribution < -0.4 is 20.1 Å². The molecule has 1 aliphatic rings. The molecule has 2 aromatic rings. The molecule has 0 saturated carbocycles. The fourth-order valence-corrected chi connectivity index (χ4v) is 2.91. The van der Waals surface area contributed by atoms with Crippen molar-refractivity contribution >= 4 is 5.96 Å². The van der Waals surface area contributed by atoms with E-state index in [1.807, 2.05) is 37.3 Å². The summed E-state index contributed by atoms with van der Waals surface area (Å²) in [4.78, 5) is 8.94. The molecule has 0 spiro atoms. The molecule has 28 heavy (non-hydrogen) atoms. The highest BCUT2D eigenvalue weighted by Gasteiger charge is 2.22. The van der Waals surface area contributed by atoms with E-state index in [9.17, 15) is 0 Å². The standard InChI is InChI=1S/C21H28N4O3/c1-3-22-21(25-15-18-12-17-6-4-5-7-19(17)28-18)24-14-16-8-9-20(23-13-16)27-11-10-26-2/h4-9,13,18H,3,10-12,14-15H2,1-2H3,(H2,22,24,25). The van der Waals surface area contributed by atoms with Crippen LogP contribution in [0.3, 0.4) is 0 Å². The molecule has 1 unspecified atom stereocenters. The average molecular weight is 384 g/mol. The van der Waals surface area contributed by atoms with Crippen LogP contribution in [0.1, 0.15) is 18.1 Å². The van der Waals surface area contributed by atoms with E-state index in [-0.39, 0.29) is 6.10 Å². The van der Waals surface area contributed by atoms with Crippen molar-refractivity contribution in [2.45, 2.75) is 26.0 Å². The van der Waals surface area contributed by atoms with Crippen LogP contribution in [-0.2, 0) is 17.7 Å². The Kier molecular flexibility index (Phi) is 7.49. The van der Waals surface area contributed by atoms with Crippen LogP contribution in [0, 0.1) is 0 Å². The van der Waals surface area contributed by atoms with E-state index in [1.54, 1.807) is 13.3 Å². The first-order valence-electron chi connectivity index (χ1n) is 9.62. The third-order valence-corrected chi connectivity index (χ3v) is 4.31. The number of benzene rings is 1. The Morgan fingerprint density at radius 3 is 2.86 bits per heavy atom. The van der Waals surface area contributed by atoms with Gasteiger partial charge in [0.15, 0.2) is 5.96 Å². The van der Waals surface area contributed by atoms with Gasteiger partial charge in [0.05, 0.1) is 19.7 Å². The Morgan fingerprint density at radius 1 is 1.21 bits per heavy atom. The number of methoxy groups -OCH3 is 1. The van der Waals surface area contributed by atoms with E-state index in [2.05, 4.69) is 26.7 Å². The maximum atomic E-state index is 5.97. The molecule has 0 fully saturated rings. The molecule has 0 bridgehead atoms. The zero-order valence-electron chi connectivity index (χ0n) is 16.5. The molecule has 3 rings (SSSR count). The minimum absolute atomic E-state index is 0.117. The molecule has 0 aliphatic carbocycles. The maximum Gasteiger partial charge on any atom is 0.213 e. The molecule has 7 nitrogen and oxygen atoms in total. The summed E-state index contributed by atoms with van der Waals surface area (Å²) < 4.78 is 16.4. The average Bonchev–Trinajstić information content (AvgIpc) is 3.14. The number of aliphatic imine (C=N–C) groups is 1. The number of ether oxygens (including phenoxy) is 3. The molecular formula is C21H28N4O3. The van der Waals surface area contributed by atoms with Crippen LogP contribution in [-0.4, -0.2) is 50.5 Å². The molecule has 1 aliphatic heterocycles. The highest BCUT2D eigenvalue weighted by atomic mass is 16.5. The van der Waals surface area contributed by atoms with Crippen molar-refractivity contribution < 1.29 is 14.2 Å². The Morgan fingerprint density at radius 2 is 2.11 bits per heavy atom. The van der Waals surface area contributed by atoms with Gasteiger partial charge in [0, 0.05) is 32.3 Å². The number of para-hydroxylation sites is 1. The summed E-state index contributed by atoms with van der Waals surface area (Å²) >= 11 is 0.